The molecule has 7 nitrogen and oxygen atoms in total. The van der Waals surface area contributed by atoms with Gasteiger partial charge in [0.15, 0.2) is 11.4 Å². The third-order valence-electron chi connectivity index (χ3n) is 7.53. The van der Waals surface area contributed by atoms with Gasteiger partial charge in [0.25, 0.3) is 11.8 Å². The SMILES string of the molecule is O=C(NCc1ccc(F)cc1F)c1cn2c(c(OCc3ccccc3)c1=O)C(=O)N1C[C@@H]3C[C@@H]3C[C@H]2C1. The van der Waals surface area contributed by atoms with E-state index in [0.717, 1.165) is 30.5 Å². The number of benzene rings is 2. The number of carbonyl (C=O) groups is 2. The van der Waals surface area contributed by atoms with Crippen LogP contribution in [-0.2, 0) is 13.2 Å². The number of nitrogens with one attached hydrogen (secondary N) is 1. The summed E-state index contributed by atoms with van der Waals surface area (Å²) in [6.45, 7) is 1.00. The molecule has 2 fully saturated rings. The van der Waals surface area contributed by atoms with E-state index >= 15 is 0 Å². The van der Waals surface area contributed by atoms with Crippen LogP contribution in [0.3, 0.4) is 0 Å². The number of carbonyl (C=O) groups excluding carboxylic acids is 2. The highest BCUT2D eigenvalue weighted by Crippen LogP contribution is 2.49. The van der Waals surface area contributed by atoms with E-state index in [9.17, 15) is 23.2 Å². The highest BCUT2D eigenvalue weighted by molar-refractivity contribution is 5.99. The zero-order valence-electron chi connectivity index (χ0n) is 20.0. The van der Waals surface area contributed by atoms with Gasteiger partial charge in [-0.3, -0.25) is 14.4 Å². The molecule has 2 amide bonds. The topological polar surface area (TPSA) is 80.6 Å². The largest absolute Gasteiger partial charge is 0.483 e. The summed E-state index contributed by atoms with van der Waals surface area (Å²) in [4.78, 5) is 42.0. The minimum absolute atomic E-state index is 0.0537. The van der Waals surface area contributed by atoms with Crippen molar-refractivity contribution in [3.05, 3.63) is 99.0 Å². The summed E-state index contributed by atoms with van der Waals surface area (Å²) < 4.78 is 35.0. The monoisotopic (exact) mass is 505 g/mol. The highest BCUT2D eigenvalue weighted by atomic mass is 19.1. The van der Waals surface area contributed by atoms with Crippen molar-refractivity contribution in [3.63, 3.8) is 0 Å². The van der Waals surface area contributed by atoms with Gasteiger partial charge in [-0.25, -0.2) is 8.78 Å². The first-order valence-corrected chi connectivity index (χ1v) is 12.4. The van der Waals surface area contributed by atoms with Gasteiger partial charge in [0.2, 0.25) is 5.43 Å². The first-order chi connectivity index (χ1) is 17.9. The number of halogens is 2. The molecule has 1 saturated heterocycles. The lowest BCUT2D eigenvalue weighted by atomic mass is 10.0. The third kappa shape index (κ3) is 4.39. The number of rotatable bonds is 6. The Bertz CT molecular complexity index is 1460. The smallest absolute Gasteiger partial charge is 0.274 e. The molecule has 3 atom stereocenters. The van der Waals surface area contributed by atoms with Crippen molar-refractivity contribution in [2.45, 2.75) is 32.0 Å². The molecule has 0 spiro atoms. The second-order valence-corrected chi connectivity index (χ2v) is 10.0. The fourth-order valence-corrected chi connectivity index (χ4v) is 5.44. The first kappa shape index (κ1) is 23.4. The molecule has 0 radical (unpaired) electrons. The molecule has 2 aliphatic heterocycles. The quantitative estimate of drug-likeness (QED) is 0.555. The molecular weight excluding hydrogens is 480 g/mol. The Morgan fingerprint density at radius 1 is 1.03 bits per heavy atom. The molecule has 190 valence electrons. The number of hydrogen-bond acceptors (Lipinski definition) is 4. The molecule has 2 aromatic carbocycles. The third-order valence-corrected chi connectivity index (χ3v) is 7.53. The van der Waals surface area contributed by atoms with Crippen LogP contribution in [0.2, 0.25) is 0 Å². The molecule has 3 aliphatic rings. The molecule has 1 aliphatic carbocycles. The van der Waals surface area contributed by atoms with Gasteiger partial charge >= 0.3 is 0 Å². The molecule has 3 aromatic rings. The van der Waals surface area contributed by atoms with Crippen molar-refractivity contribution in [3.8, 4) is 5.75 Å². The van der Waals surface area contributed by atoms with Crippen LogP contribution in [0.25, 0.3) is 0 Å². The summed E-state index contributed by atoms with van der Waals surface area (Å²) in [5.41, 5.74) is 0.177. The van der Waals surface area contributed by atoms with Crippen LogP contribution < -0.4 is 15.5 Å². The molecule has 2 bridgehead atoms. The van der Waals surface area contributed by atoms with Gasteiger partial charge in [-0.2, -0.15) is 0 Å². The molecule has 9 heteroatoms. The second-order valence-electron chi connectivity index (χ2n) is 10.0. The minimum atomic E-state index is -0.794. The maximum absolute atomic E-state index is 14.1. The van der Waals surface area contributed by atoms with Crippen LogP contribution in [0, 0.1) is 23.5 Å². The fraction of sp³-hybridized carbons (Fsp3) is 0.321. The van der Waals surface area contributed by atoms with Crippen LogP contribution in [0.1, 0.15) is 50.9 Å². The second kappa shape index (κ2) is 9.14. The van der Waals surface area contributed by atoms with Crippen molar-refractivity contribution in [1.29, 1.82) is 0 Å². The first-order valence-electron chi connectivity index (χ1n) is 12.4. The highest BCUT2D eigenvalue weighted by Gasteiger charge is 2.48. The van der Waals surface area contributed by atoms with Gasteiger partial charge in [0.1, 0.15) is 23.8 Å². The normalized spacial score (nSPS) is 21.5. The summed E-state index contributed by atoms with van der Waals surface area (Å²) in [5, 5.41) is 2.55. The van der Waals surface area contributed by atoms with Crippen LogP contribution >= 0.6 is 0 Å². The summed E-state index contributed by atoms with van der Waals surface area (Å²) in [7, 11) is 0. The van der Waals surface area contributed by atoms with E-state index in [-0.39, 0.29) is 47.7 Å². The maximum Gasteiger partial charge on any atom is 0.274 e. The van der Waals surface area contributed by atoms with Crippen molar-refractivity contribution >= 4 is 11.8 Å². The number of hydrogen-bond donors (Lipinski definition) is 1. The summed E-state index contributed by atoms with van der Waals surface area (Å²) >= 11 is 0. The minimum Gasteiger partial charge on any atom is -0.483 e. The van der Waals surface area contributed by atoms with Gasteiger partial charge in [-0.1, -0.05) is 36.4 Å². The van der Waals surface area contributed by atoms with E-state index in [1.165, 1.54) is 12.3 Å². The van der Waals surface area contributed by atoms with E-state index in [4.69, 9.17) is 4.74 Å². The van der Waals surface area contributed by atoms with E-state index in [0.29, 0.717) is 24.9 Å². The Morgan fingerprint density at radius 2 is 1.84 bits per heavy atom. The average molecular weight is 506 g/mol. The van der Waals surface area contributed by atoms with E-state index in [1.807, 2.05) is 30.3 Å². The molecular formula is C28H25F2N3O4. The van der Waals surface area contributed by atoms with E-state index < -0.39 is 23.0 Å². The van der Waals surface area contributed by atoms with Crippen molar-refractivity contribution < 1.29 is 23.1 Å². The van der Waals surface area contributed by atoms with E-state index in [1.54, 1.807) is 9.47 Å². The zero-order valence-corrected chi connectivity index (χ0v) is 20.0. The number of amides is 2. The van der Waals surface area contributed by atoms with Gasteiger partial charge in [-0.05, 0) is 36.3 Å². The molecule has 37 heavy (non-hydrogen) atoms. The average Bonchev–Trinajstić information content (AvgIpc) is 3.64. The van der Waals surface area contributed by atoms with Crippen LogP contribution in [0.5, 0.6) is 5.75 Å². The lowest BCUT2D eigenvalue weighted by molar-refractivity contribution is 0.0660. The standard InChI is InChI=1S/C28H25F2N3O4/c29-20-7-6-17(23(30)10-20)11-31-27(35)22-14-33-21-9-18-8-19(18)12-32(13-21)28(36)24(33)26(25(22)34)37-15-16-4-2-1-3-5-16/h1-7,10,14,18-19,21H,8-9,11-13,15H2,(H,31,35)/t18-,19+,21+/m1/s1. The molecule has 1 saturated carbocycles. The Balaban J connectivity index is 1.37. The van der Waals surface area contributed by atoms with Gasteiger partial charge in [0, 0.05) is 37.5 Å². The number of pyridine rings is 1. The van der Waals surface area contributed by atoms with Gasteiger partial charge < -0.3 is 19.5 Å². The lowest BCUT2D eigenvalue weighted by Crippen LogP contribution is -2.45. The van der Waals surface area contributed by atoms with Crippen molar-refractivity contribution in [1.82, 2.24) is 14.8 Å². The lowest BCUT2D eigenvalue weighted by Gasteiger charge is -2.35. The number of fused-ring (bicyclic) bond motifs is 5. The summed E-state index contributed by atoms with van der Waals surface area (Å²) in [5.74, 6) is -1.68. The van der Waals surface area contributed by atoms with Crippen molar-refractivity contribution in [2.75, 3.05) is 13.1 Å². The predicted molar refractivity (Wildman–Crippen MR) is 130 cm³/mol. The zero-order chi connectivity index (χ0) is 25.7. The number of aromatic nitrogens is 1. The molecule has 3 heterocycles. The Hall–Kier alpha value is -4.01. The van der Waals surface area contributed by atoms with Gasteiger partial charge in [-0.15, -0.1) is 0 Å². The van der Waals surface area contributed by atoms with Crippen LogP contribution in [-0.4, -0.2) is 34.4 Å². The maximum atomic E-state index is 14.1. The molecule has 1 N–H and O–H groups in total. The predicted octanol–water partition coefficient (Wildman–Crippen LogP) is 3.67. The van der Waals surface area contributed by atoms with Crippen molar-refractivity contribution in [2.24, 2.45) is 11.8 Å². The number of ether oxygens (including phenoxy) is 1. The van der Waals surface area contributed by atoms with Crippen LogP contribution in [0.15, 0.2) is 59.5 Å². The fourth-order valence-electron chi connectivity index (χ4n) is 5.44. The van der Waals surface area contributed by atoms with Crippen LogP contribution in [0.4, 0.5) is 8.78 Å². The number of nitrogens with zero attached hydrogens (tertiary/aromatic N) is 2. The molecule has 6 rings (SSSR count). The molecule has 1 aromatic heterocycles. The van der Waals surface area contributed by atoms with E-state index in [2.05, 4.69) is 5.32 Å². The Morgan fingerprint density at radius 3 is 2.62 bits per heavy atom. The van der Waals surface area contributed by atoms with Gasteiger partial charge in [0.05, 0.1) is 6.04 Å². The summed E-state index contributed by atoms with van der Waals surface area (Å²) in [6.07, 6.45) is 3.36. The molecule has 0 unspecified atom stereocenters. The Labute approximate surface area is 211 Å². The summed E-state index contributed by atoms with van der Waals surface area (Å²) in [6, 6.07) is 12.2. The Kier molecular flexibility index (Phi) is 5.78.